The molecule has 0 spiro atoms. The summed E-state index contributed by atoms with van der Waals surface area (Å²) in [5, 5.41) is 0. The normalized spacial score (nSPS) is 10.7. The molecule has 0 saturated carbocycles. The van der Waals surface area contributed by atoms with Crippen LogP contribution in [0.2, 0.25) is 0 Å². The zero-order valence-corrected chi connectivity index (χ0v) is 10.7. The summed E-state index contributed by atoms with van der Waals surface area (Å²) in [5.74, 6) is 0. The van der Waals surface area contributed by atoms with E-state index in [1.54, 1.807) is 0 Å². The Balaban J connectivity index is -0.000000107. The SMILES string of the molecule is O=[Se](=O)(O)O.[O-][Si]([O-])(O)O.[Zn+2]. The van der Waals surface area contributed by atoms with Gasteiger partial charge in [0.05, 0.1) is 0 Å². The molecule has 8 nitrogen and oxygen atoms in total. The monoisotopic (exact) mass is 304 g/mol. The van der Waals surface area contributed by atoms with Crippen molar-refractivity contribution >= 4 is 22.4 Å². The maximum absolute atomic E-state index is 8.82. The second kappa shape index (κ2) is 6.26. The van der Waals surface area contributed by atoms with E-state index in [0.29, 0.717) is 0 Å². The van der Waals surface area contributed by atoms with Crippen LogP contribution in [0.5, 0.6) is 0 Å². The third-order valence-electron chi connectivity index (χ3n) is 0. The van der Waals surface area contributed by atoms with Crippen LogP contribution in [0.4, 0.5) is 0 Å². The molecule has 0 aliphatic heterocycles. The summed E-state index contributed by atoms with van der Waals surface area (Å²) in [6.07, 6.45) is 0. The van der Waals surface area contributed by atoms with Crippen LogP contribution in [0.15, 0.2) is 0 Å². The van der Waals surface area contributed by atoms with Crippen LogP contribution in [-0.2, 0) is 27.1 Å². The average Bonchev–Trinajstić information content (AvgIpc) is 1.12. The molecule has 0 rings (SSSR count). The zero-order valence-electron chi connectivity index (χ0n) is 5.04. The summed E-state index contributed by atoms with van der Waals surface area (Å²) in [6, 6.07) is 0. The van der Waals surface area contributed by atoms with Crippen molar-refractivity contribution in [1.29, 1.82) is 0 Å². The Morgan fingerprint density at radius 2 is 1.09 bits per heavy atom. The molecule has 0 amide bonds. The van der Waals surface area contributed by atoms with Gasteiger partial charge in [0, 0.05) is 0 Å². The molecule has 0 aliphatic carbocycles. The predicted octanol–water partition coefficient (Wildman–Crippen LogP) is -5.61. The summed E-state index contributed by atoms with van der Waals surface area (Å²) in [7, 11) is -5.11. The van der Waals surface area contributed by atoms with Crippen molar-refractivity contribution in [2.45, 2.75) is 0 Å². The van der Waals surface area contributed by atoms with E-state index >= 15 is 0 Å². The molecule has 0 aromatic heterocycles. The summed E-state index contributed by atoms with van der Waals surface area (Å²) < 4.78 is 31.9. The van der Waals surface area contributed by atoms with E-state index in [2.05, 4.69) is 0 Å². The van der Waals surface area contributed by atoms with Gasteiger partial charge in [0.2, 0.25) is 0 Å². The molecule has 0 heterocycles. The van der Waals surface area contributed by atoms with Crippen molar-refractivity contribution < 1.29 is 54.7 Å². The van der Waals surface area contributed by atoms with Crippen LogP contribution in [0.3, 0.4) is 0 Å². The molecule has 0 saturated heterocycles. The number of hydrogen-bond donors (Lipinski definition) is 4. The molecule has 0 aromatic carbocycles. The van der Waals surface area contributed by atoms with Crippen LogP contribution < -0.4 is 9.59 Å². The van der Waals surface area contributed by atoms with Gasteiger partial charge in [0.1, 0.15) is 9.05 Å². The molecule has 0 aliphatic rings. The molecule has 4 N–H and O–H groups in total. The molecule has 0 bridgehead atoms. The van der Waals surface area contributed by atoms with Crippen molar-refractivity contribution in [1.82, 2.24) is 0 Å². The fraction of sp³-hybridized carbons (Fsp3) is 0. The minimum absolute atomic E-state index is 0. The van der Waals surface area contributed by atoms with Crippen LogP contribution in [0.25, 0.3) is 0 Å². The Morgan fingerprint density at radius 3 is 1.09 bits per heavy atom. The van der Waals surface area contributed by atoms with E-state index in [1.807, 2.05) is 0 Å². The van der Waals surface area contributed by atoms with Gasteiger partial charge in [-0.25, -0.2) is 0 Å². The third kappa shape index (κ3) is 1570. The van der Waals surface area contributed by atoms with Gasteiger partial charge in [-0.05, 0) is 0 Å². The van der Waals surface area contributed by atoms with Gasteiger partial charge in [0.15, 0.2) is 0 Å². The average molecular weight is 304 g/mol. The minimum atomic E-state index is -5.25. The maximum Gasteiger partial charge on any atom is 2.00 e. The van der Waals surface area contributed by atoms with Crippen molar-refractivity contribution in [3.63, 3.8) is 0 Å². The second-order valence-electron chi connectivity index (χ2n) is 0.996. The van der Waals surface area contributed by atoms with E-state index in [0.717, 1.165) is 0 Å². The number of hydrogen-bond acceptors (Lipinski definition) is 6. The molecule has 0 radical (unpaired) electrons. The molecule has 0 atom stereocenters. The van der Waals surface area contributed by atoms with E-state index in [1.165, 1.54) is 0 Å². The van der Waals surface area contributed by atoms with Crippen molar-refractivity contribution in [2.75, 3.05) is 0 Å². The first kappa shape index (κ1) is 17.7. The molecule has 11 heavy (non-hydrogen) atoms. The fourth-order valence-electron chi connectivity index (χ4n) is 0. The zero-order chi connectivity index (χ0) is 9.00. The summed E-state index contributed by atoms with van der Waals surface area (Å²) >= 11 is -5.25. The maximum atomic E-state index is 8.82. The van der Waals surface area contributed by atoms with Crippen molar-refractivity contribution in [2.24, 2.45) is 0 Å². The van der Waals surface area contributed by atoms with Crippen LogP contribution >= 0.6 is 0 Å². The van der Waals surface area contributed by atoms with E-state index in [9.17, 15) is 0 Å². The third-order valence-corrected chi connectivity index (χ3v) is 0. The van der Waals surface area contributed by atoms with E-state index in [-0.39, 0.29) is 19.5 Å². The van der Waals surface area contributed by atoms with Gasteiger partial charge in [0.25, 0.3) is 0 Å². The molecule has 11 heteroatoms. The molecule has 64 valence electrons. The largest absolute Gasteiger partial charge is 2.00 e. The van der Waals surface area contributed by atoms with E-state index in [4.69, 9.17) is 35.2 Å². The van der Waals surface area contributed by atoms with Crippen LogP contribution in [0.1, 0.15) is 0 Å². The first-order chi connectivity index (χ1) is 4.00. The van der Waals surface area contributed by atoms with E-state index < -0.39 is 22.4 Å². The second-order valence-corrected chi connectivity index (χ2v) is 3.97. The smallest absolute Gasteiger partial charge is 0.828 e. The van der Waals surface area contributed by atoms with Crippen molar-refractivity contribution in [3.8, 4) is 0 Å². The summed E-state index contributed by atoms with van der Waals surface area (Å²) in [5.41, 5.74) is 0. The van der Waals surface area contributed by atoms with Crippen LogP contribution in [-0.4, -0.2) is 40.4 Å². The standard InChI is InChI=1S/H2O4Se.H2O4Si.Zn/c2*1-5(2,3)4;/h(H2,1,2,3,4);1-2H;/q;-2;+2. The van der Waals surface area contributed by atoms with Gasteiger partial charge in [-0.2, -0.15) is 0 Å². The van der Waals surface area contributed by atoms with Gasteiger partial charge in [-0.3, -0.25) is 0 Å². The summed E-state index contributed by atoms with van der Waals surface area (Å²) in [4.78, 5) is 31.8. The van der Waals surface area contributed by atoms with Gasteiger partial charge in [-0.1, -0.05) is 0 Å². The Hall–Kier alpha value is 0.720. The molecular formula is H4O8SeSiZn. The Morgan fingerprint density at radius 1 is 1.09 bits per heavy atom. The minimum Gasteiger partial charge on any atom is -0.828 e. The topological polar surface area (TPSA) is 161 Å². The van der Waals surface area contributed by atoms with Gasteiger partial charge < -0.3 is 19.2 Å². The Kier molecular flexibility index (Phi) is 10.1. The Labute approximate surface area is 77.3 Å². The molecular weight excluding hydrogens is 300 g/mol. The molecule has 0 fully saturated rings. The first-order valence-corrected chi connectivity index (χ1v) is 6.20. The predicted molar refractivity (Wildman–Crippen MR) is 21.8 cm³/mol. The van der Waals surface area contributed by atoms with Crippen molar-refractivity contribution in [3.05, 3.63) is 0 Å². The Bertz CT molecular complexity index is 149. The fourth-order valence-corrected chi connectivity index (χ4v) is 0. The van der Waals surface area contributed by atoms with Crippen LogP contribution in [0, 0.1) is 0 Å². The quantitative estimate of drug-likeness (QED) is 0.322. The molecule has 0 aromatic rings. The van der Waals surface area contributed by atoms with Gasteiger partial charge in [-0.15, -0.1) is 0 Å². The number of rotatable bonds is 0. The first-order valence-electron chi connectivity index (χ1n) is 1.55. The summed E-state index contributed by atoms with van der Waals surface area (Å²) in [6.45, 7) is 0. The molecule has 0 unspecified atom stereocenters. The van der Waals surface area contributed by atoms with Gasteiger partial charge >= 0.3 is 48.9 Å².